The van der Waals surface area contributed by atoms with Crippen molar-refractivity contribution in [1.82, 2.24) is 19.1 Å². The van der Waals surface area contributed by atoms with Gasteiger partial charge < -0.3 is 4.74 Å². The van der Waals surface area contributed by atoms with Crippen LogP contribution in [-0.4, -0.2) is 32.3 Å². The topological polar surface area (TPSA) is 79.0 Å². The molecule has 0 saturated carbocycles. The van der Waals surface area contributed by atoms with Crippen LogP contribution in [0.4, 0.5) is 0 Å². The van der Waals surface area contributed by atoms with Gasteiger partial charge in [0.05, 0.1) is 13.2 Å². The molecule has 100 valence electrons. The smallest absolute Gasteiger partial charge is 0.332 e. The number of aromatic nitrogens is 4. The predicted molar refractivity (Wildman–Crippen MR) is 68.0 cm³/mol. The number of aryl methyl sites for hydroxylation is 1. The fourth-order valence-electron chi connectivity index (χ4n) is 2.31. The summed E-state index contributed by atoms with van der Waals surface area (Å²) in [6.45, 7) is 3.47. The molecule has 2 aromatic heterocycles. The Morgan fingerprint density at radius 2 is 2.16 bits per heavy atom. The summed E-state index contributed by atoms with van der Waals surface area (Å²) in [5.41, 5.74) is -0.494. The summed E-state index contributed by atoms with van der Waals surface area (Å²) in [6, 6.07) is 0. The SMILES string of the molecule is Cn1c(=O)n(CC2(C)COC2)c(=O)c2cncnc21. The first kappa shape index (κ1) is 12.0. The molecule has 1 fully saturated rings. The van der Waals surface area contributed by atoms with Crippen LogP contribution < -0.4 is 11.2 Å². The van der Waals surface area contributed by atoms with E-state index < -0.39 is 0 Å². The van der Waals surface area contributed by atoms with Gasteiger partial charge in [-0.15, -0.1) is 0 Å². The lowest BCUT2D eigenvalue weighted by Gasteiger charge is -2.38. The molecule has 0 unspecified atom stereocenters. The molecule has 7 heteroatoms. The van der Waals surface area contributed by atoms with Crippen molar-refractivity contribution in [2.45, 2.75) is 13.5 Å². The van der Waals surface area contributed by atoms with E-state index in [2.05, 4.69) is 9.97 Å². The molecule has 1 saturated heterocycles. The maximum absolute atomic E-state index is 12.3. The first-order valence-corrected chi connectivity index (χ1v) is 5.99. The highest BCUT2D eigenvalue weighted by molar-refractivity contribution is 5.72. The molecule has 7 nitrogen and oxygen atoms in total. The minimum Gasteiger partial charge on any atom is -0.380 e. The third-order valence-corrected chi connectivity index (χ3v) is 3.44. The van der Waals surface area contributed by atoms with E-state index >= 15 is 0 Å². The second-order valence-electron chi connectivity index (χ2n) is 5.30. The average Bonchev–Trinajstić information content (AvgIpc) is 2.39. The number of fused-ring (bicyclic) bond motifs is 1. The largest absolute Gasteiger partial charge is 0.380 e. The second-order valence-corrected chi connectivity index (χ2v) is 5.30. The van der Waals surface area contributed by atoms with Crippen molar-refractivity contribution in [1.29, 1.82) is 0 Å². The van der Waals surface area contributed by atoms with Crippen molar-refractivity contribution in [3.8, 4) is 0 Å². The minimum absolute atomic E-state index is 0.153. The van der Waals surface area contributed by atoms with Crippen molar-refractivity contribution in [2.24, 2.45) is 12.5 Å². The summed E-state index contributed by atoms with van der Waals surface area (Å²) >= 11 is 0. The summed E-state index contributed by atoms with van der Waals surface area (Å²) in [7, 11) is 1.60. The van der Waals surface area contributed by atoms with Crippen molar-refractivity contribution in [3.05, 3.63) is 33.4 Å². The van der Waals surface area contributed by atoms with Gasteiger partial charge in [0.1, 0.15) is 11.7 Å². The third-order valence-electron chi connectivity index (χ3n) is 3.44. The highest BCUT2D eigenvalue weighted by Gasteiger charge is 2.35. The third kappa shape index (κ3) is 1.77. The molecule has 1 aliphatic heterocycles. The van der Waals surface area contributed by atoms with Gasteiger partial charge in [0.15, 0.2) is 5.65 Å². The number of rotatable bonds is 2. The van der Waals surface area contributed by atoms with Gasteiger partial charge in [0, 0.05) is 25.2 Å². The monoisotopic (exact) mass is 262 g/mol. The Bertz CT molecular complexity index is 758. The van der Waals surface area contributed by atoms with E-state index in [4.69, 9.17) is 4.74 Å². The molecule has 0 atom stereocenters. The molecule has 0 spiro atoms. The zero-order valence-corrected chi connectivity index (χ0v) is 10.8. The van der Waals surface area contributed by atoms with E-state index in [-0.39, 0.29) is 16.7 Å². The predicted octanol–water partition coefficient (Wildman–Crippen LogP) is -0.473. The molecule has 0 aromatic carbocycles. The molecular formula is C12H14N4O3. The van der Waals surface area contributed by atoms with Crippen molar-refractivity contribution in [3.63, 3.8) is 0 Å². The Labute approximate surface area is 108 Å². The van der Waals surface area contributed by atoms with E-state index in [9.17, 15) is 9.59 Å². The van der Waals surface area contributed by atoms with E-state index in [1.807, 2.05) is 6.92 Å². The van der Waals surface area contributed by atoms with Gasteiger partial charge in [-0.05, 0) is 0 Å². The molecule has 0 amide bonds. The molecule has 19 heavy (non-hydrogen) atoms. The average molecular weight is 262 g/mol. The first-order chi connectivity index (χ1) is 9.02. The van der Waals surface area contributed by atoms with Crippen LogP contribution in [0.5, 0.6) is 0 Å². The van der Waals surface area contributed by atoms with E-state index in [1.54, 1.807) is 7.05 Å². The minimum atomic E-state index is -0.357. The lowest BCUT2D eigenvalue weighted by Crippen LogP contribution is -2.49. The number of nitrogens with zero attached hydrogens (tertiary/aromatic N) is 4. The van der Waals surface area contributed by atoms with Gasteiger partial charge in [0.25, 0.3) is 5.56 Å². The summed E-state index contributed by atoms with van der Waals surface area (Å²) in [5, 5.41) is 0.355. The van der Waals surface area contributed by atoms with Crippen LogP contribution in [0.3, 0.4) is 0 Å². The highest BCUT2D eigenvalue weighted by Crippen LogP contribution is 2.27. The zero-order chi connectivity index (χ0) is 13.6. The highest BCUT2D eigenvalue weighted by atomic mass is 16.5. The van der Waals surface area contributed by atoms with Crippen molar-refractivity contribution < 1.29 is 4.74 Å². The first-order valence-electron chi connectivity index (χ1n) is 5.99. The Morgan fingerprint density at radius 1 is 1.42 bits per heavy atom. The fraction of sp³-hybridized carbons (Fsp3) is 0.500. The second kappa shape index (κ2) is 3.99. The summed E-state index contributed by atoms with van der Waals surface area (Å²) in [4.78, 5) is 32.4. The lowest BCUT2D eigenvalue weighted by molar-refractivity contribution is -0.111. The van der Waals surface area contributed by atoms with Gasteiger partial charge in [0.2, 0.25) is 0 Å². The van der Waals surface area contributed by atoms with Crippen LogP contribution in [0.1, 0.15) is 6.92 Å². The van der Waals surface area contributed by atoms with E-state index in [0.29, 0.717) is 30.8 Å². The van der Waals surface area contributed by atoms with Crippen molar-refractivity contribution in [2.75, 3.05) is 13.2 Å². The van der Waals surface area contributed by atoms with Crippen LogP contribution in [0.25, 0.3) is 11.0 Å². The Hall–Kier alpha value is -2.02. The quantitative estimate of drug-likeness (QED) is 0.731. The summed E-state index contributed by atoms with van der Waals surface area (Å²) < 4.78 is 7.78. The molecule has 1 aliphatic rings. The van der Waals surface area contributed by atoms with E-state index in [0.717, 1.165) is 0 Å². The molecule has 0 radical (unpaired) electrons. The molecule has 3 heterocycles. The molecule has 0 bridgehead atoms. The zero-order valence-electron chi connectivity index (χ0n) is 10.8. The van der Waals surface area contributed by atoms with E-state index in [1.165, 1.54) is 21.7 Å². The number of hydrogen-bond acceptors (Lipinski definition) is 5. The van der Waals surface area contributed by atoms with Crippen molar-refractivity contribution >= 4 is 11.0 Å². The van der Waals surface area contributed by atoms with Crippen LogP contribution in [0.15, 0.2) is 22.1 Å². The van der Waals surface area contributed by atoms with Gasteiger partial charge in [-0.2, -0.15) is 0 Å². The molecule has 3 rings (SSSR count). The summed E-state index contributed by atoms with van der Waals surface area (Å²) in [5.74, 6) is 0. The Kier molecular flexibility index (Phi) is 2.53. The fourth-order valence-corrected chi connectivity index (χ4v) is 2.31. The van der Waals surface area contributed by atoms with Gasteiger partial charge >= 0.3 is 5.69 Å². The van der Waals surface area contributed by atoms with Gasteiger partial charge in [-0.3, -0.25) is 13.9 Å². The summed E-state index contributed by atoms with van der Waals surface area (Å²) in [6.07, 6.45) is 2.77. The van der Waals surface area contributed by atoms with Crippen LogP contribution in [-0.2, 0) is 18.3 Å². The molecule has 0 aliphatic carbocycles. The molecule has 2 aromatic rings. The molecule has 0 N–H and O–H groups in total. The van der Waals surface area contributed by atoms with Crippen LogP contribution >= 0.6 is 0 Å². The maximum Gasteiger partial charge on any atom is 0.332 e. The lowest BCUT2D eigenvalue weighted by atomic mass is 9.88. The van der Waals surface area contributed by atoms with Gasteiger partial charge in [-0.1, -0.05) is 6.92 Å². The Balaban J connectivity index is 2.25. The standard InChI is InChI=1S/C12H14N4O3/c1-12(5-19-6-12)4-16-10(17)8-3-13-7-14-9(8)15(2)11(16)18/h3,7H,4-6H2,1-2H3. The molecular weight excluding hydrogens is 248 g/mol. The number of ether oxygens (including phenoxy) is 1. The number of hydrogen-bond donors (Lipinski definition) is 0. The Morgan fingerprint density at radius 3 is 2.79 bits per heavy atom. The van der Waals surface area contributed by atoms with Crippen LogP contribution in [0.2, 0.25) is 0 Å². The maximum atomic E-state index is 12.3. The van der Waals surface area contributed by atoms with Crippen LogP contribution in [0, 0.1) is 5.41 Å². The van der Waals surface area contributed by atoms with Gasteiger partial charge in [-0.25, -0.2) is 14.8 Å². The normalized spacial score (nSPS) is 17.4.